The molecule has 0 spiro atoms. The van der Waals surface area contributed by atoms with Crippen molar-refractivity contribution in [3.8, 4) is 0 Å². The molecule has 120 valence electrons. The van der Waals surface area contributed by atoms with Crippen LogP contribution in [0.4, 0.5) is 0 Å². The molecule has 1 N–H and O–H groups in total. The lowest BCUT2D eigenvalue weighted by Crippen LogP contribution is -2.44. The van der Waals surface area contributed by atoms with E-state index < -0.39 is 11.8 Å². The fraction of sp³-hybridized carbons (Fsp3) is 0.533. The van der Waals surface area contributed by atoms with Crippen LogP contribution in [0.3, 0.4) is 0 Å². The second kappa shape index (κ2) is 5.68. The number of nitrogens with one attached hydrogen (secondary N) is 1. The SMILES string of the molecule is N=C1/C(=C/C2COC3CCCCC3C2=O)C(=O)N=C2SC=NN12. The number of nitrogens with zero attached hydrogens (tertiary/aromatic N) is 3. The Kier molecular flexibility index (Phi) is 3.65. The van der Waals surface area contributed by atoms with Crippen LogP contribution in [0.1, 0.15) is 25.7 Å². The number of carbonyl (C=O) groups excluding carboxylic acids is 2. The third-order valence-electron chi connectivity index (χ3n) is 4.69. The fourth-order valence-electron chi connectivity index (χ4n) is 3.49. The maximum absolute atomic E-state index is 12.7. The first-order valence-electron chi connectivity index (χ1n) is 7.73. The molecule has 3 atom stereocenters. The molecule has 0 radical (unpaired) electrons. The van der Waals surface area contributed by atoms with Gasteiger partial charge in [-0.25, -0.2) is 0 Å². The summed E-state index contributed by atoms with van der Waals surface area (Å²) in [6.45, 7) is 0.276. The molecular formula is C15H16N4O3S. The van der Waals surface area contributed by atoms with E-state index in [0.29, 0.717) is 5.17 Å². The van der Waals surface area contributed by atoms with Gasteiger partial charge in [0.1, 0.15) is 5.78 Å². The number of aliphatic imine (C=N–C) groups is 1. The Morgan fingerprint density at radius 3 is 3.04 bits per heavy atom. The average molecular weight is 332 g/mol. The van der Waals surface area contributed by atoms with Gasteiger partial charge in [0.25, 0.3) is 5.91 Å². The molecule has 0 bridgehead atoms. The molecule has 0 aromatic heterocycles. The number of ketones is 1. The summed E-state index contributed by atoms with van der Waals surface area (Å²) >= 11 is 1.20. The van der Waals surface area contributed by atoms with Crippen LogP contribution in [0.15, 0.2) is 21.7 Å². The maximum Gasteiger partial charge on any atom is 0.282 e. The van der Waals surface area contributed by atoms with Crippen molar-refractivity contribution in [2.24, 2.45) is 21.9 Å². The zero-order valence-electron chi connectivity index (χ0n) is 12.4. The van der Waals surface area contributed by atoms with Crippen molar-refractivity contribution >= 4 is 40.0 Å². The summed E-state index contributed by atoms with van der Waals surface area (Å²) in [5.41, 5.74) is 1.66. The predicted molar refractivity (Wildman–Crippen MR) is 86.4 cm³/mol. The van der Waals surface area contributed by atoms with Gasteiger partial charge in [0, 0.05) is 5.92 Å². The normalized spacial score (nSPS) is 35.4. The van der Waals surface area contributed by atoms with Gasteiger partial charge in [-0.2, -0.15) is 15.1 Å². The minimum absolute atomic E-state index is 0.0246. The first kappa shape index (κ1) is 14.8. The zero-order valence-corrected chi connectivity index (χ0v) is 13.2. The molecule has 4 rings (SSSR count). The molecule has 7 nitrogen and oxygen atoms in total. The van der Waals surface area contributed by atoms with Crippen LogP contribution in [-0.4, -0.2) is 46.0 Å². The summed E-state index contributed by atoms with van der Waals surface area (Å²) in [5, 5.41) is 13.9. The second-order valence-electron chi connectivity index (χ2n) is 6.05. The van der Waals surface area contributed by atoms with Crippen LogP contribution < -0.4 is 0 Å². The van der Waals surface area contributed by atoms with E-state index in [-0.39, 0.29) is 35.8 Å². The Bertz CT molecular complexity index is 684. The van der Waals surface area contributed by atoms with E-state index >= 15 is 0 Å². The predicted octanol–water partition coefficient (Wildman–Crippen LogP) is 1.55. The van der Waals surface area contributed by atoms with Crippen LogP contribution in [-0.2, 0) is 14.3 Å². The lowest BCUT2D eigenvalue weighted by molar-refractivity contribution is -0.145. The molecule has 1 amide bonds. The van der Waals surface area contributed by atoms with Crippen LogP contribution >= 0.6 is 11.8 Å². The molecule has 2 fully saturated rings. The van der Waals surface area contributed by atoms with Crippen molar-refractivity contribution in [2.45, 2.75) is 31.8 Å². The summed E-state index contributed by atoms with van der Waals surface area (Å²) in [4.78, 5) is 28.8. The highest BCUT2D eigenvalue weighted by Gasteiger charge is 2.41. The lowest BCUT2D eigenvalue weighted by atomic mass is 9.77. The number of thioether (sulfide) groups is 1. The van der Waals surface area contributed by atoms with Crippen molar-refractivity contribution < 1.29 is 14.3 Å². The number of fused-ring (bicyclic) bond motifs is 2. The Balaban J connectivity index is 1.60. The van der Waals surface area contributed by atoms with Gasteiger partial charge in [-0.05, 0) is 24.6 Å². The summed E-state index contributed by atoms with van der Waals surface area (Å²) in [6.07, 6.45) is 5.51. The van der Waals surface area contributed by atoms with Crippen LogP contribution in [0, 0.1) is 17.2 Å². The summed E-state index contributed by atoms with van der Waals surface area (Å²) < 4.78 is 5.83. The van der Waals surface area contributed by atoms with Crippen molar-refractivity contribution in [1.82, 2.24) is 5.01 Å². The molecular weight excluding hydrogens is 316 g/mol. The molecule has 3 aliphatic heterocycles. The fourth-order valence-corrected chi connectivity index (χ4v) is 4.10. The standard InChI is InChI=1S/C15H16N4O3S/c16-13-10(14(21)18-15-19(13)17-7-23-15)5-8-6-22-11-4-2-1-3-9(11)12(8)20/h5,7-9,11,16H,1-4,6H2/b10-5-,16-13?. The number of amidine groups is 2. The quantitative estimate of drug-likeness (QED) is 0.735. The van der Waals surface area contributed by atoms with Gasteiger partial charge >= 0.3 is 0 Å². The average Bonchev–Trinajstić information content (AvgIpc) is 3.02. The summed E-state index contributed by atoms with van der Waals surface area (Å²) in [6, 6.07) is 0. The van der Waals surface area contributed by atoms with E-state index in [1.807, 2.05) is 0 Å². The minimum atomic E-state index is -0.488. The van der Waals surface area contributed by atoms with Crippen molar-refractivity contribution in [3.63, 3.8) is 0 Å². The molecule has 0 aromatic rings. The van der Waals surface area contributed by atoms with Gasteiger partial charge in [0.05, 0.1) is 29.7 Å². The zero-order chi connectivity index (χ0) is 16.0. The monoisotopic (exact) mass is 332 g/mol. The Hall–Kier alpha value is -1.80. The van der Waals surface area contributed by atoms with Gasteiger partial charge in [0.15, 0.2) is 11.0 Å². The summed E-state index contributed by atoms with van der Waals surface area (Å²) in [5.74, 6) is -0.947. The van der Waals surface area contributed by atoms with Crippen LogP contribution in [0.25, 0.3) is 0 Å². The van der Waals surface area contributed by atoms with E-state index in [1.165, 1.54) is 22.3 Å². The number of hydrogen-bond donors (Lipinski definition) is 1. The van der Waals surface area contributed by atoms with E-state index in [1.54, 1.807) is 6.08 Å². The van der Waals surface area contributed by atoms with Gasteiger partial charge in [-0.15, -0.1) is 0 Å². The lowest BCUT2D eigenvalue weighted by Gasteiger charge is -2.37. The first-order valence-corrected chi connectivity index (χ1v) is 8.61. The maximum atomic E-state index is 12.7. The number of ether oxygens (including phenoxy) is 1. The Morgan fingerprint density at radius 2 is 2.17 bits per heavy atom. The first-order chi connectivity index (χ1) is 11.1. The molecule has 3 unspecified atom stereocenters. The number of hydrazone groups is 1. The van der Waals surface area contributed by atoms with Gasteiger partial charge in [-0.1, -0.05) is 18.9 Å². The van der Waals surface area contributed by atoms with E-state index in [4.69, 9.17) is 10.1 Å². The van der Waals surface area contributed by atoms with Crippen molar-refractivity contribution in [2.75, 3.05) is 6.61 Å². The van der Waals surface area contributed by atoms with Gasteiger partial charge < -0.3 is 4.74 Å². The number of Topliss-reactive ketones (excluding diaryl/α,β-unsaturated/α-hetero) is 1. The molecule has 1 saturated heterocycles. The number of hydrogen-bond acceptors (Lipinski definition) is 6. The van der Waals surface area contributed by atoms with E-state index in [9.17, 15) is 9.59 Å². The van der Waals surface area contributed by atoms with E-state index in [2.05, 4.69) is 10.1 Å². The topological polar surface area (TPSA) is 95.2 Å². The highest BCUT2D eigenvalue weighted by Crippen LogP contribution is 2.34. The van der Waals surface area contributed by atoms with Crippen molar-refractivity contribution in [3.05, 3.63) is 11.6 Å². The Labute approximate surface area is 137 Å². The highest BCUT2D eigenvalue weighted by atomic mass is 32.2. The highest BCUT2D eigenvalue weighted by molar-refractivity contribution is 8.25. The third kappa shape index (κ3) is 2.46. The second-order valence-corrected chi connectivity index (χ2v) is 6.86. The largest absolute Gasteiger partial charge is 0.376 e. The van der Waals surface area contributed by atoms with E-state index in [0.717, 1.165) is 25.7 Å². The molecule has 0 aromatic carbocycles. The molecule has 4 aliphatic rings. The van der Waals surface area contributed by atoms with Crippen molar-refractivity contribution in [1.29, 1.82) is 5.41 Å². The smallest absolute Gasteiger partial charge is 0.282 e. The number of carbonyl (C=O) groups is 2. The molecule has 23 heavy (non-hydrogen) atoms. The minimum Gasteiger partial charge on any atom is -0.376 e. The summed E-state index contributed by atoms with van der Waals surface area (Å²) in [7, 11) is 0. The number of amides is 1. The van der Waals surface area contributed by atoms with Gasteiger partial charge in [-0.3, -0.25) is 15.0 Å². The van der Waals surface area contributed by atoms with Crippen LogP contribution in [0.2, 0.25) is 0 Å². The van der Waals surface area contributed by atoms with Gasteiger partial charge in [0.2, 0.25) is 0 Å². The number of rotatable bonds is 1. The molecule has 3 heterocycles. The third-order valence-corrected chi connectivity index (χ3v) is 5.36. The Morgan fingerprint density at radius 1 is 1.35 bits per heavy atom. The molecule has 8 heteroatoms. The van der Waals surface area contributed by atoms with Crippen LogP contribution in [0.5, 0.6) is 0 Å². The molecule has 1 aliphatic carbocycles. The molecule has 1 saturated carbocycles.